The molecule has 0 aliphatic rings. The van der Waals surface area contributed by atoms with E-state index >= 15 is 0 Å². The van der Waals surface area contributed by atoms with Crippen LogP contribution in [0.25, 0.3) is 0 Å². The Morgan fingerprint density at radius 1 is 1.35 bits per heavy atom. The van der Waals surface area contributed by atoms with Gasteiger partial charge in [-0.05, 0) is 17.7 Å². The minimum atomic E-state index is -0.177. The van der Waals surface area contributed by atoms with E-state index in [2.05, 4.69) is 15.6 Å². The fourth-order valence-electron chi connectivity index (χ4n) is 1.66. The molecule has 20 heavy (non-hydrogen) atoms. The van der Waals surface area contributed by atoms with Crippen molar-refractivity contribution in [1.29, 1.82) is 0 Å². The minimum absolute atomic E-state index is 0.177. The van der Waals surface area contributed by atoms with Crippen LogP contribution in [0.4, 0.5) is 4.79 Å². The molecular weight excluding hydrogens is 294 g/mol. The Morgan fingerprint density at radius 2 is 2.10 bits per heavy atom. The van der Waals surface area contributed by atoms with Crippen molar-refractivity contribution in [2.45, 2.75) is 19.4 Å². The van der Waals surface area contributed by atoms with Crippen molar-refractivity contribution in [3.05, 3.63) is 51.4 Å². The van der Waals surface area contributed by atoms with Gasteiger partial charge >= 0.3 is 6.03 Å². The second-order valence-corrected chi connectivity index (χ2v) is 5.82. The number of benzene rings is 1. The number of carbonyl (C=O) groups excluding carboxylic acids is 1. The van der Waals surface area contributed by atoms with E-state index in [1.54, 1.807) is 29.7 Å². The number of rotatable bonds is 5. The Labute approximate surface area is 127 Å². The average molecular weight is 310 g/mol. The highest BCUT2D eigenvalue weighted by atomic mass is 35.5. The molecule has 6 heteroatoms. The van der Waals surface area contributed by atoms with E-state index in [0.717, 1.165) is 10.6 Å². The Kier molecular flexibility index (Phi) is 5.38. The van der Waals surface area contributed by atoms with Crippen LogP contribution in [0.5, 0.6) is 0 Å². The number of thiazole rings is 1. The standard InChI is InChI=1S/C14H16ClN3OS/c1-10(13-16-6-7-20-13)8-17-14(19)18-9-11-2-4-12(15)5-3-11/h2-7,10H,8-9H2,1H3,(H2,17,18,19). The van der Waals surface area contributed by atoms with Crippen LogP contribution in [0, 0.1) is 0 Å². The van der Waals surface area contributed by atoms with E-state index < -0.39 is 0 Å². The molecule has 1 heterocycles. The fraction of sp³-hybridized carbons (Fsp3) is 0.286. The van der Waals surface area contributed by atoms with E-state index in [4.69, 9.17) is 11.6 Å². The van der Waals surface area contributed by atoms with Gasteiger partial charge in [-0.2, -0.15) is 0 Å². The maximum Gasteiger partial charge on any atom is 0.315 e. The van der Waals surface area contributed by atoms with Gasteiger partial charge in [-0.15, -0.1) is 11.3 Å². The summed E-state index contributed by atoms with van der Waals surface area (Å²) >= 11 is 7.40. The number of carbonyl (C=O) groups is 1. The monoisotopic (exact) mass is 309 g/mol. The molecule has 106 valence electrons. The quantitative estimate of drug-likeness (QED) is 0.889. The first-order chi connectivity index (χ1) is 9.65. The van der Waals surface area contributed by atoms with Gasteiger partial charge < -0.3 is 10.6 Å². The number of nitrogens with zero attached hydrogens (tertiary/aromatic N) is 1. The molecular formula is C14H16ClN3OS. The molecule has 1 aromatic carbocycles. The smallest absolute Gasteiger partial charge is 0.315 e. The molecule has 2 aromatic rings. The zero-order chi connectivity index (χ0) is 14.4. The Morgan fingerprint density at radius 3 is 2.75 bits per heavy atom. The lowest BCUT2D eigenvalue weighted by molar-refractivity contribution is 0.240. The summed E-state index contributed by atoms with van der Waals surface area (Å²) in [4.78, 5) is 15.9. The number of amides is 2. The van der Waals surface area contributed by atoms with Crippen molar-refractivity contribution in [1.82, 2.24) is 15.6 Å². The zero-order valence-electron chi connectivity index (χ0n) is 11.1. The summed E-state index contributed by atoms with van der Waals surface area (Å²) in [6, 6.07) is 7.22. The molecule has 0 radical (unpaired) electrons. The molecule has 0 saturated heterocycles. The number of urea groups is 1. The predicted octanol–water partition coefficient (Wildman–Crippen LogP) is 3.40. The molecule has 1 atom stereocenters. The van der Waals surface area contributed by atoms with E-state index in [9.17, 15) is 4.79 Å². The van der Waals surface area contributed by atoms with E-state index in [1.807, 2.05) is 24.4 Å². The molecule has 2 N–H and O–H groups in total. The topological polar surface area (TPSA) is 54.0 Å². The fourth-order valence-corrected chi connectivity index (χ4v) is 2.48. The van der Waals surface area contributed by atoms with Crippen molar-refractivity contribution in [3.8, 4) is 0 Å². The summed E-state index contributed by atoms with van der Waals surface area (Å²) < 4.78 is 0. The summed E-state index contributed by atoms with van der Waals surface area (Å²) in [6.45, 7) is 3.09. The predicted molar refractivity (Wildman–Crippen MR) is 82.2 cm³/mol. The highest BCUT2D eigenvalue weighted by molar-refractivity contribution is 7.09. The van der Waals surface area contributed by atoms with Gasteiger partial charge in [-0.1, -0.05) is 30.7 Å². The van der Waals surface area contributed by atoms with Crippen LogP contribution in [0.2, 0.25) is 5.02 Å². The first-order valence-corrected chi connectivity index (χ1v) is 7.56. The Balaban J connectivity index is 1.71. The molecule has 0 spiro atoms. The first-order valence-electron chi connectivity index (χ1n) is 6.30. The van der Waals surface area contributed by atoms with E-state index in [-0.39, 0.29) is 11.9 Å². The summed E-state index contributed by atoms with van der Waals surface area (Å²) in [5.41, 5.74) is 1.01. The molecule has 0 bridgehead atoms. The normalized spacial score (nSPS) is 11.9. The number of hydrogen-bond donors (Lipinski definition) is 2. The summed E-state index contributed by atoms with van der Waals surface area (Å²) in [7, 11) is 0. The van der Waals surface area contributed by atoms with Crippen molar-refractivity contribution < 1.29 is 4.79 Å². The van der Waals surface area contributed by atoms with Gasteiger partial charge in [0.25, 0.3) is 0 Å². The lowest BCUT2D eigenvalue weighted by atomic mass is 10.2. The lowest BCUT2D eigenvalue weighted by Gasteiger charge is -2.11. The molecule has 1 aromatic heterocycles. The van der Waals surface area contributed by atoms with Crippen LogP contribution in [-0.4, -0.2) is 17.6 Å². The molecule has 0 saturated carbocycles. The number of nitrogens with one attached hydrogen (secondary N) is 2. The molecule has 1 unspecified atom stereocenters. The van der Waals surface area contributed by atoms with Crippen LogP contribution < -0.4 is 10.6 Å². The third-order valence-corrected chi connectivity index (χ3v) is 4.07. The molecule has 4 nitrogen and oxygen atoms in total. The third kappa shape index (κ3) is 4.51. The van der Waals surface area contributed by atoms with Gasteiger partial charge in [0.05, 0.1) is 5.01 Å². The van der Waals surface area contributed by atoms with Crippen LogP contribution in [0.15, 0.2) is 35.8 Å². The van der Waals surface area contributed by atoms with Crippen LogP contribution in [-0.2, 0) is 6.54 Å². The molecule has 0 aliphatic carbocycles. The molecule has 2 rings (SSSR count). The molecule has 2 amide bonds. The Hall–Kier alpha value is -1.59. The zero-order valence-corrected chi connectivity index (χ0v) is 12.7. The van der Waals surface area contributed by atoms with Crippen LogP contribution in [0.3, 0.4) is 0 Å². The van der Waals surface area contributed by atoms with E-state index in [1.165, 1.54) is 0 Å². The van der Waals surface area contributed by atoms with Crippen molar-refractivity contribution in [2.24, 2.45) is 0 Å². The maximum atomic E-state index is 11.7. The third-order valence-electron chi connectivity index (χ3n) is 2.81. The second kappa shape index (κ2) is 7.26. The first kappa shape index (κ1) is 14.8. The summed E-state index contributed by atoms with van der Waals surface area (Å²) in [6.07, 6.45) is 1.77. The van der Waals surface area contributed by atoms with Gasteiger partial charge in [0, 0.05) is 35.6 Å². The van der Waals surface area contributed by atoms with Gasteiger partial charge in [0.1, 0.15) is 0 Å². The lowest BCUT2D eigenvalue weighted by Crippen LogP contribution is -2.37. The van der Waals surface area contributed by atoms with E-state index in [0.29, 0.717) is 18.1 Å². The van der Waals surface area contributed by atoms with Crippen molar-refractivity contribution in [2.75, 3.05) is 6.54 Å². The van der Waals surface area contributed by atoms with Gasteiger partial charge in [0.2, 0.25) is 0 Å². The highest BCUT2D eigenvalue weighted by Gasteiger charge is 2.09. The van der Waals surface area contributed by atoms with Crippen molar-refractivity contribution in [3.63, 3.8) is 0 Å². The average Bonchev–Trinajstić information content (AvgIpc) is 2.98. The maximum absolute atomic E-state index is 11.7. The Bertz CT molecular complexity index is 542. The largest absolute Gasteiger partial charge is 0.337 e. The number of hydrogen-bond acceptors (Lipinski definition) is 3. The second-order valence-electron chi connectivity index (χ2n) is 4.46. The minimum Gasteiger partial charge on any atom is -0.337 e. The molecule has 0 fully saturated rings. The van der Waals surface area contributed by atoms with Crippen LogP contribution in [0.1, 0.15) is 23.4 Å². The van der Waals surface area contributed by atoms with Gasteiger partial charge in [-0.3, -0.25) is 0 Å². The van der Waals surface area contributed by atoms with Gasteiger partial charge in [-0.25, -0.2) is 9.78 Å². The van der Waals surface area contributed by atoms with Crippen LogP contribution >= 0.6 is 22.9 Å². The highest BCUT2D eigenvalue weighted by Crippen LogP contribution is 2.16. The summed E-state index contributed by atoms with van der Waals surface area (Å²) in [5, 5.41) is 9.31. The van der Waals surface area contributed by atoms with Crippen molar-refractivity contribution >= 4 is 29.0 Å². The molecule has 0 aliphatic heterocycles. The summed E-state index contributed by atoms with van der Waals surface area (Å²) in [5.74, 6) is 0.219. The number of aromatic nitrogens is 1. The SMILES string of the molecule is CC(CNC(=O)NCc1ccc(Cl)cc1)c1nccs1. The number of halogens is 1. The van der Waals surface area contributed by atoms with Gasteiger partial charge in [0.15, 0.2) is 0 Å².